The first kappa shape index (κ1) is 11.9. The minimum absolute atomic E-state index is 0.700. The molecule has 88 valence electrons. The van der Waals surface area contributed by atoms with Gasteiger partial charge >= 0.3 is 0 Å². The van der Waals surface area contributed by atoms with Crippen LogP contribution >= 0.6 is 11.6 Å². The standard InChI is InChI=1S/C14H20ClN/c15-10-9-14-8-4-5-11-16(14)12-13-6-2-1-3-7-13/h1-3,6-7,14H,4-5,8-12H2. The summed E-state index contributed by atoms with van der Waals surface area (Å²) in [7, 11) is 0. The maximum Gasteiger partial charge on any atom is 0.0238 e. The van der Waals surface area contributed by atoms with Crippen LogP contribution in [-0.4, -0.2) is 23.4 Å². The summed E-state index contributed by atoms with van der Waals surface area (Å²) in [6, 6.07) is 11.5. The third kappa shape index (κ3) is 3.23. The van der Waals surface area contributed by atoms with E-state index in [-0.39, 0.29) is 0 Å². The number of benzene rings is 1. The maximum atomic E-state index is 5.88. The van der Waals surface area contributed by atoms with Crippen molar-refractivity contribution in [2.45, 2.75) is 38.3 Å². The molecule has 0 bridgehead atoms. The molecule has 0 amide bonds. The minimum atomic E-state index is 0.700. The van der Waals surface area contributed by atoms with Crippen LogP contribution in [0.5, 0.6) is 0 Å². The molecule has 0 N–H and O–H groups in total. The van der Waals surface area contributed by atoms with Gasteiger partial charge in [0.1, 0.15) is 0 Å². The SMILES string of the molecule is ClCCC1CCCCN1Cc1ccccc1. The highest BCUT2D eigenvalue weighted by Crippen LogP contribution is 2.22. The Kier molecular flexibility index (Phi) is 4.68. The van der Waals surface area contributed by atoms with E-state index in [1.54, 1.807) is 0 Å². The highest BCUT2D eigenvalue weighted by Gasteiger charge is 2.21. The summed E-state index contributed by atoms with van der Waals surface area (Å²) in [5, 5.41) is 0. The Morgan fingerprint density at radius 1 is 1.19 bits per heavy atom. The highest BCUT2D eigenvalue weighted by molar-refractivity contribution is 6.17. The molecule has 1 nitrogen and oxygen atoms in total. The second kappa shape index (κ2) is 6.27. The van der Waals surface area contributed by atoms with E-state index < -0.39 is 0 Å². The second-order valence-corrected chi connectivity index (χ2v) is 4.96. The molecule has 0 spiro atoms. The molecule has 0 saturated carbocycles. The van der Waals surface area contributed by atoms with E-state index in [9.17, 15) is 0 Å². The van der Waals surface area contributed by atoms with Crippen LogP contribution in [0, 0.1) is 0 Å². The molecule has 1 aliphatic rings. The maximum absolute atomic E-state index is 5.88. The Morgan fingerprint density at radius 2 is 2.00 bits per heavy atom. The lowest BCUT2D eigenvalue weighted by Gasteiger charge is -2.35. The molecule has 1 aliphatic heterocycles. The van der Waals surface area contributed by atoms with E-state index >= 15 is 0 Å². The molecule has 1 aromatic carbocycles. The van der Waals surface area contributed by atoms with Crippen molar-refractivity contribution >= 4 is 11.6 Å². The fourth-order valence-corrected chi connectivity index (χ4v) is 2.79. The van der Waals surface area contributed by atoms with Crippen LogP contribution < -0.4 is 0 Å². The van der Waals surface area contributed by atoms with E-state index in [0.717, 1.165) is 18.8 Å². The fourth-order valence-electron chi connectivity index (χ4n) is 2.54. The molecule has 1 heterocycles. The number of halogens is 1. The smallest absolute Gasteiger partial charge is 0.0238 e. The predicted octanol–water partition coefficient (Wildman–Crippen LogP) is 3.67. The van der Waals surface area contributed by atoms with Crippen molar-refractivity contribution in [2.24, 2.45) is 0 Å². The molecule has 1 atom stereocenters. The summed E-state index contributed by atoms with van der Waals surface area (Å²) in [4.78, 5) is 2.60. The first-order valence-electron chi connectivity index (χ1n) is 6.24. The van der Waals surface area contributed by atoms with Crippen LogP contribution in [0.1, 0.15) is 31.2 Å². The Bertz CT molecular complexity index is 297. The number of hydrogen-bond donors (Lipinski definition) is 0. The Labute approximate surface area is 103 Å². The molecular formula is C14H20ClN. The van der Waals surface area contributed by atoms with Crippen molar-refractivity contribution < 1.29 is 0 Å². The number of rotatable bonds is 4. The van der Waals surface area contributed by atoms with Crippen molar-refractivity contribution in [3.05, 3.63) is 35.9 Å². The van der Waals surface area contributed by atoms with Crippen LogP contribution in [-0.2, 0) is 6.54 Å². The third-order valence-electron chi connectivity index (χ3n) is 3.42. The van der Waals surface area contributed by atoms with Gasteiger partial charge in [-0.3, -0.25) is 4.90 Å². The number of nitrogens with zero attached hydrogens (tertiary/aromatic N) is 1. The van der Waals surface area contributed by atoms with Crippen LogP contribution in [0.15, 0.2) is 30.3 Å². The lowest BCUT2D eigenvalue weighted by atomic mass is 9.99. The van der Waals surface area contributed by atoms with E-state index in [1.807, 2.05) is 0 Å². The van der Waals surface area contributed by atoms with Crippen LogP contribution in [0.2, 0.25) is 0 Å². The first-order chi connectivity index (χ1) is 7.90. The summed E-state index contributed by atoms with van der Waals surface area (Å²) < 4.78 is 0. The highest BCUT2D eigenvalue weighted by atomic mass is 35.5. The molecule has 1 aromatic rings. The van der Waals surface area contributed by atoms with Crippen molar-refractivity contribution in [1.29, 1.82) is 0 Å². The summed E-state index contributed by atoms with van der Waals surface area (Å²) in [6.45, 7) is 2.32. The van der Waals surface area contributed by atoms with Gasteiger partial charge in [-0.2, -0.15) is 0 Å². The Hall–Kier alpha value is -0.530. The Morgan fingerprint density at radius 3 is 2.75 bits per heavy atom. The number of alkyl halides is 1. The topological polar surface area (TPSA) is 3.24 Å². The monoisotopic (exact) mass is 237 g/mol. The molecule has 0 radical (unpaired) electrons. The number of likely N-dealkylation sites (tertiary alicyclic amines) is 1. The molecule has 1 saturated heterocycles. The number of hydrogen-bond acceptors (Lipinski definition) is 1. The average Bonchev–Trinajstić information content (AvgIpc) is 2.33. The van der Waals surface area contributed by atoms with Crippen molar-refractivity contribution in [1.82, 2.24) is 4.90 Å². The van der Waals surface area contributed by atoms with E-state index in [1.165, 1.54) is 31.4 Å². The molecule has 1 fully saturated rings. The Balaban J connectivity index is 1.96. The molecule has 0 aromatic heterocycles. The lowest BCUT2D eigenvalue weighted by Crippen LogP contribution is -2.39. The summed E-state index contributed by atoms with van der Waals surface area (Å²) >= 11 is 5.88. The number of piperidine rings is 1. The normalized spacial score (nSPS) is 22.2. The molecule has 1 unspecified atom stereocenters. The molecule has 0 aliphatic carbocycles. The quantitative estimate of drug-likeness (QED) is 0.723. The van der Waals surface area contributed by atoms with Crippen LogP contribution in [0.25, 0.3) is 0 Å². The van der Waals surface area contributed by atoms with Gasteiger partial charge in [0.2, 0.25) is 0 Å². The third-order valence-corrected chi connectivity index (χ3v) is 3.64. The average molecular weight is 238 g/mol. The largest absolute Gasteiger partial charge is 0.296 e. The molecule has 16 heavy (non-hydrogen) atoms. The van der Waals surface area contributed by atoms with Gasteiger partial charge in [0.25, 0.3) is 0 Å². The summed E-state index contributed by atoms with van der Waals surface area (Å²) in [5.74, 6) is 0.788. The fraction of sp³-hybridized carbons (Fsp3) is 0.571. The summed E-state index contributed by atoms with van der Waals surface area (Å²) in [6.07, 6.45) is 5.16. The second-order valence-electron chi connectivity index (χ2n) is 4.58. The zero-order valence-corrected chi connectivity index (χ0v) is 10.5. The summed E-state index contributed by atoms with van der Waals surface area (Å²) in [5.41, 5.74) is 1.42. The molecular weight excluding hydrogens is 218 g/mol. The van der Waals surface area contributed by atoms with Gasteiger partial charge in [0.15, 0.2) is 0 Å². The van der Waals surface area contributed by atoms with Gasteiger partial charge in [-0.1, -0.05) is 36.8 Å². The first-order valence-corrected chi connectivity index (χ1v) is 6.77. The molecule has 2 heteroatoms. The lowest BCUT2D eigenvalue weighted by molar-refractivity contribution is 0.137. The van der Waals surface area contributed by atoms with E-state index in [2.05, 4.69) is 35.2 Å². The molecule has 2 rings (SSSR count). The zero-order chi connectivity index (χ0) is 11.2. The van der Waals surface area contributed by atoms with Gasteiger partial charge in [-0.25, -0.2) is 0 Å². The zero-order valence-electron chi connectivity index (χ0n) is 9.74. The van der Waals surface area contributed by atoms with Crippen LogP contribution in [0.4, 0.5) is 0 Å². The van der Waals surface area contributed by atoms with Crippen molar-refractivity contribution in [3.8, 4) is 0 Å². The van der Waals surface area contributed by atoms with Gasteiger partial charge < -0.3 is 0 Å². The van der Waals surface area contributed by atoms with Crippen molar-refractivity contribution in [3.63, 3.8) is 0 Å². The van der Waals surface area contributed by atoms with E-state index in [0.29, 0.717) is 6.04 Å². The van der Waals surface area contributed by atoms with Gasteiger partial charge in [0.05, 0.1) is 0 Å². The van der Waals surface area contributed by atoms with Gasteiger partial charge in [-0.15, -0.1) is 11.6 Å². The predicted molar refractivity (Wildman–Crippen MR) is 69.8 cm³/mol. The van der Waals surface area contributed by atoms with Gasteiger partial charge in [-0.05, 0) is 31.4 Å². The van der Waals surface area contributed by atoms with E-state index in [4.69, 9.17) is 11.6 Å². The van der Waals surface area contributed by atoms with Crippen LogP contribution in [0.3, 0.4) is 0 Å². The van der Waals surface area contributed by atoms with Gasteiger partial charge in [0, 0.05) is 18.5 Å². The minimum Gasteiger partial charge on any atom is -0.296 e. The van der Waals surface area contributed by atoms with Crippen molar-refractivity contribution in [2.75, 3.05) is 12.4 Å².